The number of halogens is 1. The van der Waals surface area contributed by atoms with E-state index in [1.165, 1.54) is 11.3 Å². The summed E-state index contributed by atoms with van der Waals surface area (Å²) >= 11 is 7.42. The summed E-state index contributed by atoms with van der Waals surface area (Å²) in [6.07, 6.45) is 1.59. The lowest BCUT2D eigenvalue weighted by molar-refractivity contribution is -0.112. The summed E-state index contributed by atoms with van der Waals surface area (Å²) in [6, 6.07) is 11.5. The van der Waals surface area contributed by atoms with Crippen molar-refractivity contribution in [2.45, 2.75) is 13.8 Å². The number of nitrogens with one attached hydrogen (secondary N) is 1. The molecule has 3 aromatic rings. The molecule has 0 radical (unpaired) electrons. The van der Waals surface area contributed by atoms with Crippen LogP contribution in [0.5, 0.6) is 0 Å². The lowest BCUT2D eigenvalue weighted by Crippen LogP contribution is -2.36. The Labute approximate surface area is 194 Å². The van der Waals surface area contributed by atoms with Gasteiger partial charge in [0.05, 0.1) is 13.2 Å². The van der Waals surface area contributed by atoms with E-state index in [2.05, 4.69) is 20.4 Å². The van der Waals surface area contributed by atoms with Crippen molar-refractivity contribution in [1.82, 2.24) is 14.8 Å². The van der Waals surface area contributed by atoms with E-state index < -0.39 is 5.91 Å². The topological polar surface area (TPSA) is 96.1 Å². The number of hydrogen-bond acceptors (Lipinski definition) is 7. The Hall–Kier alpha value is -3.19. The van der Waals surface area contributed by atoms with E-state index in [0.717, 1.165) is 40.9 Å². The molecular weight excluding hydrogens is 448 g/mol. The first-order chi connectivity index (χ1) is 15.5. The number of morpholine rings is 1. The number of aromatic nitrogens is 3. The maximum absolute atomic E-state index is 12.7. The van der Waals surface area contributed by atoms with Gasteiger partial charge in [0.15, 0.2) is 0 Å². The van der Waals surface area contributed by atoms with Gasteiger partial charge >= 0.3 is 0 Å². The van der Waals surface area contributed by atoms with Crippen molar-refractivity contribution in [2.75, 3.05) is 36.5 Å². The number of amides is 1. The van der Waals surface area contributed by atoms with Gasteiger partial charge in [0, 0.05) is 35.2 Å². The number of aryl methyl sites for hydroxylation is 1. The minimum Gasteiger partial charge on any atom is -0.378 e. The lowest BCUT2D eigenvalue weighted by Gasteiger charge is -2.25. The van der Waals surface area contributed by atoms with Gasteiger partial charge in [-0.25, -0.2) is 0 Å². The van der Waals surface area contributed by atoms with Crippen LogP contribution in [0.3, 0.4) is 0 Å². The molecule has 0 atom stereocenters. The molecule has 32 heavy (non-hydrogen) atoms. The minimum absolute atomic E-state index is 0.0144. The largest absolute Gasteiger partial charge is 0.378 e. The molecule has 0 bridgehead atoms. The molecule has 0 spiro atoms. The molecule has 3 heterocycles. The van der Waals surface area contributed by atoms with Crippen LogP contribution in [0.25, 0.3) is 11.8 Å². The van der Waals surface area contributed by atoms with E-state index >= 15 is 0 Å². The summed E-state index contributed by atoms with van der Waals surface area (Å²) in [5.74, 6) is -0.523. The maximum atomic E-state index is 12.7. The molecule has 164 valence electrons. The predicted molar refractivity (Wildman–Crippen MR) is 125 cm³/mol. The van der Waals surface area contributed by atoms with Gasteiger partial charge in [-0.1, -0.05) is 29.0 Å². The fourth-order valence-electron chi connectivity index (χ4n) is 3.56. The Morgan fingerprint density at radius 1 is 1.28 bits per heavy atom. The summed E-state index contributed by atoms with van der Waals surface area (Å²) in [6.45, 7) is 6.63. The summed E-state index contributed by atoms with van der Waals surface area (Å²) in [7, 11) is 0. The second-order valence-corrected chi connectivity index (χ2v) is 8.65. The van der Waals surface area contributed by atoms with Crippen molar-refractivity contribution >= 4 is 45.2 Å². The van der Waals surface area contributed by atoms with Crippen molar-refractivity contribution in [2.24, 2.45) is 0 Å². The van der Waals surface area contributed by atoms with Gasteiger partial charge in [0.2, 0.25) is 10.3 Å². The number of nitrogens with zero attached hydrogens (tertiary/aromatic N) is 5. The van der Waals surface area contributed by atoms with Gasteiger partial charge < -0.3 is 14.2 Å². The van der Waals surface area contributed by atoms with E-state index in [1.54, 1.807) is 6.08 Å². The highest BCUT2D eigenvalue weighted by atomic mass is 35.5. The highest BCUT2D eigenvalue weighted by Gasteiger charge is 2.19. The Morgan fingerprint density at radius 2 is 2.06 bits per heavy atom. The van der Waals surface area contributed by atoms with Crippen LogP contribution < -0.4 is 10.2 Å². The van der Waals surface area contributed by atoms with Crippen LogP contribution in [0, 0.1) is 25.2 Å². The predicted octanol–water partition coefficient (Wildman–Crippen LogP) is 3.98. The average molecular weight is 469 g/mol. The SMILES string of the molecule is Cc1cc(/C=C(/C#N)C(=O)Nc2nnc(N3CCOCC3)s2)c(C)n1-c1cccc(Cl)c1. The Morgan fingerprint density at radius 3 is 2.78 bits per heavy atom. The Balaban J connectivity index is 1.54. The van der Waals surface area contributed by atoms with Crippen molar-refractivity contribution in [3.63, 3.8) is 0 Å². The first-order valence-electron chi connectivity index (χ1n) is 10.0. The number of hydrogen-bond donors (Lipinski definition) is 1. The van der Waals surface area contributed by atoms with Gasteiger partial charge in [-0.3, -0.25) is 10.1 Å². The number of benzene rings is 1. The summed E-state index contributed by atoms with van der Waals surface area (Å²) in [5, 5.41) is 22.2. The van der Waals surface area contributed by atoms with Crippen LogP contribution in [0.4, 0.5) is 10.3 Å². The number of carbonyl (C=O) groups is 1. The zero-order valence-electron chi connectivity index (χ0n) is 17.6. The third kappa shape index (κ3) is 4.67. The van der Waals surface area contributed by atoms with Crippen LogP contribution in [-0.2, 0) is 9.53 Å². The quantitative estimate of drug-likeness (QED) is 0.449. The van der Waals surface area contributed by atoms with E-state index in [-0.39, 0.29) is 5.57 Å². The summed E-state index contributed by atoms with van der Waals surface area (Å²) in [4.78, 5) is 14.8. The van der Waals surface area contributed by atoms with Crippen molar-refractivity contribution in [1.29, 1.82) is 5.26 Å². The van der Waals surface area contributed by atoms with Gasteiger partial charge in [-0.15, -0.1) is 10.2 Å². The zero-order valence-corrected chi connectivity index (χ0v) is 19.2. The van der Waals surface area contributed by atoms with Gasteiger partial charge in [0.1, 0.15) is 11.6 Å². The third-order valence-electron chi connectivity index (χ3n) is 5.12. The number of anilines is 2. The molecular formula is C22H21ClN6O2S. The molecule has 10 heteroatoms. The maximum Gasteiger partial charge on any atom is 0.268 e. The van der Waals surface area contributed by atoms with Crippen LogP contribution in [0.1, 0.15) is 17.0 Å². The van der Waals surface area contributed by atoms with E-state index in [4.69, 9.17) is 16.3 Å². The fourth-order valence-corrected chi connectivity index (χ4v) is 4.54. The Kier molecular flexibility index (Phi) is 6.55. The molecule has 4 rings (SSSR count). The van der Waals surface area contributed by atoms with Crippen molar-refractivity contribution < 1.29 is 9.53 Å². The van der Waals surface area contributed by atoms with Crippen molar-refractivity contribution in [3.8, 4) is 11.8 Å². The number of carbonyl (C=O) groups excluding carboxylic acids is 1. The van der Waals surface area contributed by atoms with Crippen LogP contribution in [-0.4, -0.2) is 47.0 Å². The number of ether oxygens (including phenoxy) is 1. The first kappa shape index (κ1) is 22.0. The highest BCUT2D eigenvalue weighted by molar-refractivity contribution is 7.19. The molecule has 1 saturated heterocycles. The summed E-state index contributed by atoms with van der Waals surface area (Å²) < 4.78 is 7.37. The third-order valence-corrected chi connectivity index (χ3v) is 6.25. The molecule has 2 aromatic heterocycles. The normalized spacial score (nSPS) is 14.3. The Bertz CT molecular complexity index is 1220. The fraction of sp³-hybridized carbons (Fsp3) is 0.273. The standard InChI is InChI=1S/C22H21ClN6O2S/c1-14-10-16(15(2)29(14)19-5-3-4-18(23)12-19)11-17(13-24)20(30)25-21-26-27-22(32-21)28-6-8-31-9-7-28/h3-5,10-12H,6-9H2,1-2H3,(H,25,26,30)/b17-11-. The average Bonchev–Trinajstić information content (AvgIpc) is 3.36. The van der Waals surface area contributed by atoms with Crippen LogP contribution in [0.2, 0.25) is 5.02 Å². The molecule has 1 N–H and O–H groups in total. The van der Waals surface area contributed by atoms with E-state index in [0.29, 0.717) is 23.4 Å². The molecule has 1 fully saturated rings. The first-order valence-corrected chi connectivity index (χ1v) is 11.2. The molecule has 8 nitrogen and oxygen atoms in total. The molecule has 1 aliphatic rings. The molecule has 1 aliphatic heterocycles. The highest BCUT2D eigenvalue weighted by Crippen LogP contribution is 2.27. The van der Waals surface area contributed by atoms with Gasteiger partial charge in [-0.05, 0) is 49.8 Å². The molecule has 1 amide bonds. The lowest BCUT2D eigenvalue weighted by atomic mass is 10.1. The van der Waals surface area contributed by atoms with Gasteiger partial charge in [0.25, 0.3) is 5.91 Å². The van der Waals surface area contributed by atoms with E-state index in [1.807, 2.05) is 54.8 Å². The monoisotopic (exact) mass is 468 g/mol. The van der Waals surface area contributed by atoms with Crippen LogP contribution in [0.15, 0.2) is 35.9 Å². The zero-order chi connectivity index (χ0) is 22.7. The van der Waals surface area contributed by atoms with E-state index in [9.17, 15) is 10.1 Å². The molecule has 0 unspecified atom stereocenters. The molecule has 0 aliphatic carbocycles. The summed E-state index contributed by atoms with van der Waals surface area (Å²) in [5.41, 5.74) is 3.54. The van der Waals surface area contributed by atoms with Crippen LogP contribution >= 0.6 is 22.9 Å². The molecule has 1 aromatic carbocycles. The van der Waals surface area contributed by atoms with Gasteiger partial charge in [-0.2, -0.15) is 5.26 Å². The molecule has 0 saturated carbocycles. The second-order valence-electron chi connectivity index (χ2n) is 7.25. The van der Waals surface area contributed by atoms with Crippen molar-refractivity contribution in [3.05, 3.63) is 57.9 Å². The number of nitriles is 1. The minimum atomic E-state index is -0.523. The number of rotatable bonds is 5. The second kappa shape index (κ2) is 9.53. The smallest absolute Gasteiger partial charge is 0.268 e.